The summed E-state index contributed by atoms with van der Waals surface area (Å²) in [7, 11) is 0. The van der Waals surface area contributed by atoms with E-state index in [1.807, 2.05) is 0 Å². The first-order valence-corrected chi connectivity index (χ1v) is 8.84. The minimum Gasteiger partial charge on any atom is -0.247 e. The van der Waals surface area contributed by atoms with Gasteiger partial charge in [0.15, 0.2) is 5.82 Å². The van der Waals surface area contributed by atoms with E-state index >= 15 is 0 Å². The molecule has 0 fully saturated rings. The van der Waals surface area contributed by atoms with Crippen LogP contribution in [0, 0.1) is 0 Å². The third-order valence-corrected chi connectivity index (χ3v) is 4.06. The third-order valence-electron chi connectivity index (χ3n) is 4.06. The summed E-state index contributed by atoms with van der Waals surface area (Å²) in [6.07, 6.45) is 11.0. The number of unbranched alkanes of at least 4 members (excludes halogenated alkanes) is 6. The SMILES string of the molecule is CCCCCCC(CCCCCC)c1ncn(CC(F)F)n1. The Morgan fingerprint density at radius 3 is 2.05 bits per heavy atom. The monoisotopic (exact) mass is 315 g/mol. The molecular weight excluding hydrogens is 284 g/mol. The molecule has 0 amide bonds. The molecule has 0 N–H and O–H groups in total. The second kappa shape index (κ2) is 11.6. The predicted octanol–water partition coefficient (Wildman–Crippen LogP) is 5.57. The van der Waals surface area contributed by atoms with Gasteiger partial charge in [-0.15, -0.1) is 0 Å². The lowest BCUT2D eigenvalue weighted by Gasteiger charge is -2.13. The summed E-state index contributed by atoms with van der Waals surface area (Å²) in [6.45, 7) is 4.05. The van der Waals surface area contributed by atoms with Crippen LogP contribution in [0.2, 0.25) is 0 Å². The van der Waals surface area contributed by atoms with E-state index in [1.54, 1.807) is 0 Å². The minimum absolute atomic E-state index is 0.327. The first-order chi connectivity index (χ1) is 10.7. The average Bonchev–Trinajstić information content (AvgIpc) is 2.93. The molecule has 0 aliphatic carbocycles. The van der Waals surface area contributed by atoms with Crippen molar-refractivity contribution in [1.82, 2.24) is 14.8 Å². The van der Waals surface area contributed by atoms with Gasteiger partial charge in [-0.25, -0.2) is 18.4 Å². The van der Waals surface area contributed by atoms with E-state index in [9.17, 15) is 8.78 Å². The number of alkyl halides is 2. The van der Waals surface area contributed by atoms with Gasteiger partial charge in [0, 0.05) is 5.92 Å². The van der Waals surface area contributed by atoms with Crippen LogP contribution in [0.1, 0.15) is 89.8 Å². The van der Waals surface area contributed by atoms with E-state index in [-0.39, 0.29) is 6.54 Å². The molecule has 3 nitrogen and oxygen atoms in total. The van der Waals surface area contributed by atoms with Gasteiger partial charge in [-0.05, 0) is 12.8 Å². The lowest BCUT2D eigenvalue weighted by atomic mass is 9.94. The molecule has 5 heteroatoms. The lowest BCUT2D eigenvalue weighted by Crippen LogP contribution is -2.09. The van der Waals surface area contributed by atoms with E-state index < -0.39 is 6.43 Å². The van der Waals surface area contributed by atoms with Gasteiger partial charge in [0.05, 0.1) is 0 Å². The van der Waals surface area contributed by atoms with Crippen molar-refractivity contribution in [2.24, 2.45) is 0 Å². The molecular formula is C17H31F2N3. The second-order valence-electron chi connectivity index (χ2n) is 6.11. The molecule has 1 aromatic rings. The molecule has 0 radical (unpaired) electrons. The Labute approximate surface area is 133 Å². The van der Waals surface area contributed by atoms with Crippen LogP contribution in [0.25, 0.3) is 0 Å². The number of rotatable bonds is 13. The zero-order valence-corrected chi connectivity index (χ0v) is 14.1. The van der Waals surface area contributed by atoms with Crippen LogP contribution < -0.4 is 0 Å². The maximum Gasteiger partial charge on any atom is 0.257 e. The van der Waals surface area contributed by atoms with Crippen molar-refractivity contribution in [3.63, 3.8) is 0 Å². The fraction of sp³-hybridized carbons (Fsp3) is 0.882. The van der Waals surface area contributed by atoms with Crippen molar-refractivity contribution >= 4 is 0 Å². The van der Waals surface area contributed by atoms with Gasteiger partial charge in [0.25, 0.3) is 6.43 Å². The molecule has 0 saturated heterocycles. The van der Waals surface area contributed by atoms with Crippen molar-refractivity contribution in [3.8, 4) is 0 Å². The molecule has 0 unspecified atom stereocenters. The van der Waals surface area contributed by atoms with Crippen molar-refractivity contribution < 1.29 is 8.78 Å². The second-order valence-corrected chi connectivity index (χ2v) is 6.11. The van der Waals surface area contributed by atoms with E-state index in [2.05, 4.69) is 23.9 Å². The zero-order chi connectivity index (χ0) is 16.2. The van der Waals surface area contributed by atoms with Crippen LogP contribution in [0.4, 0.5) is 8.78 Å². The Balaban J connectivity index is 2.52. The molecule has 1 heterocycles. The standard InChI is InChI=1S/C17H31F2N3/c1-3-5-7-9-11-15(12-10-8-6-4-2)17-20-14-22(21-17)13-16(18)19/h14-16H,3-13H2,1-2H3. The highest BCUT2D eigenvalue weighted by Gasteiger charge is 2.17. The summed E-state index contributed by atoms with van der Waals surface area (Å²) in [5.41, 5.74) is 0. The van der Waals surface area contributed by atoms with Crippen LogP contribution in [0.3, 0.4) is 0 Å². The normalized spacial score (nSPS) is 11.7. The Morgan fingerprint density at radius 1 is 0.955 bits per heavy atom. The Morgan fingerprint density at radius 2 is 1.55 bits per heavy atom. The van der Waals surface area contributed by atoms with Crippen molar-refractivity contribution in [1.29, 1.82) is 0 Å². The van der Waals surface area contributed by atoms with Gasteiger partial charge in [-0.3, -0.25) is 0 Å². The Kier molecular flexibility index (Phi) is 10.0. The minimum atomic E-state index is -2.37. The summed E-state index contributed by atoms with van der Waals surface area (Å²) in [6, 6.07) is 0. The largest absolute Gasteiger partial charge is 0.257 e. The number of nitrogens with zero attached hydrogens (tertiary/aromatic N) is 3. The first-order valence-electron chi connectivity index (χ1n) is 8.84. The van der Waals surface area contributed by atoms with Gasteiger partial charge >= 0.3 is 0 Å². The van der Waals surface area contributed by atoms with Crippen LogP contribution in [0.15, 0.2) is 6.33 Å². The van der Waals surface area contributed by atoms with Crippen LogP contribution in [-0.2, 0) is 6.54 Å². The fourth-order valence-electron chi connectivity index (χ4n) is 2.76. The quantitative estimate of drug-likeness (QED) is 0.446. The lowest BCUT2D eigenvalue weighted by molar-refractivity contribution is 0.121. The average molecular weight is 315 g/mol. The first kappa shape index (κ1) is 19.0. The fourth-order valence-corrected chi connectivity index (χ4v) is 2.76. The topological polar surface area (TPSA) is 30.7 Å². The molecule has 0 aromatic carbocycles. The summed E-state index contributed by atoms with van der Waals surface area (Å²) in [5, 5.41) is 4.27. The van der Waals surface area contributed by atoms with E-state index in [0.29, 0.717) is 5.92 Å². The number of hydrogen-bond acceptors (Lipinski definition) is 2. The van der Waals surface area contributed by atoms with Crippen molar-refractivity contribution in [2.75, 3.05) is 0 Å². The molecule has 0 spiro atoms. The highest BCUT2D eigenvalue weighted by Crippen LogP contribution is 2.26. The van der Waals surface area contributed by atoms with Crippen molar-refractivity contribution in [3.05, 3.63) is 12.2 Å². The highest BCUT2D eigenvalue weighted by atomic mass is 19.3. The van der Waals surface area contributed by atoms with E-state index in [0.717, 1.165) is 18.7 Å². The summed E-state index contributed by atoms with van der Waals surface area (Å²) in [4.78, 5) is 4.29. The number of aromatic nitrogens is 3. The maximum absolute atomic E-state index is 12.4. The van der Waals surface area contributed by atoms with Crippen LogP contribution >= 0.6 is 0 Å². The van der Waals surface area contributed by atoms with E-state index in [1.165, 1.54) is 62.4 Å². The molecule has 0 atom stereocenters. The van der Waals surface area contributed by atoms with Gasteiger partial charge < -0.3 is 0 Å². The molecule has 0 aliphatic rings. The van der Waals surface area contributed by atoms with Gasteiger partial charge in [0.2, 0.25) is 0 Å². The van der Waals surface area contributed by atoms with Crippen molar-refractivity contribution in [2.45, 2.75) is 96.9 Å². The van der Waals surface area contributed by atoms with E-state index in [4.69, 9.17) is 0 Å². The molecule has 0 aliphatic heterocycles. The molecule has 0 bridgehead atoms. The predicted molar refractivity (Wildman–Crippen MR) is 86.3 cm³/mol. The van der Waals surface area contributed by atoms with Crippen LogP contribution in [0.5, 0.6) is 0 Å². The molecule has 128 valence electrons. The number of halogens is 2. The van der Waals surface area contributed by atoms with Gasteiger partial charge in [0.1, 0.15) is 12.9 Å². The van der Waals surface area contributed by atoms with Gasteiger partial charge in [-0.2, -0.15) is 5.10 Å². The molecule has 1 rings (SSSR count). The number of hydrogen-bond donors (Lipinski definition) is 0. The zero-order valence-electron chi connectivity index (χ0n) is 14.1. The summed E-state index contributed by atoms with van der Waals surface area (Å²) in [5.74, 6) is 1.08. The molecule has 0 saturated carbocycles. The summed E-state index contributed by atoms with van der Waals surface area (Å²) < 4.78 is 26.1. The Hall–Kier alpha value is -1.00. The van der Waals surface area contributed by atoms with Crippen LogP contribution in [-0.4, -0.2) is 21.2 Å². The molecule has 22 heavy (non-hydrogen) atoms. The Bertz CT molecular complexity index is 368. The van der Waals surface area contributed by atoms with Gasteiger partial charge in [-0.1, -0.05) is 65.2 Å². The molecule has 1 aromatic heterocycles. The summed E-state index contributed by atoms with van der Waals surface area (Å²) >= 11 is 0. The third kappa shape index (κ3) is 7.85. The smallest absolute Gasteiger partial charge is 0.247 e. The highest BCUT2D eigenvalue weighted by molar-refractivity contribution is 4.93. The maximum atomic E-state index is 12.4.